The van der Waals surface area contributed by atoms with E-state index in [1.807, 2.05) is 12.1 Å². The van der Waals surface area contributed by atoms with Crippen molar-refractivity contribution < 1.29 is 23.1 Å². The van der Waals surface area contributed by atoms with Crippen molar-refractivity contribution in [1.29, 1.82) is 0 Å². The zero-order valence-electron chi connectivity index (χ0n) is 13.9. The van der Waals surface area contributed by atoms with Crippen LogP contribution in [0.2, 0.25) is 5.02 Å². The molecule has 5 nitrogen and oxygen atoms in total. The molecule has 8 heteroatoms. The number of ether oxygens (including phenoxy) is 1. The van der Waals surface area contributed by atoms with E-state index in [0.717, 1.165) is 5.56 Å². The summed E-state index contributed by atoms with van der Waals surface area (Å²) in [4.78, 5) is 17.1. The highest BCUT2D eigenvalue weighted by molar-refractivity contribution is 6.31. The lowest BCUT2D eigenvalue weighted by atomic mass is 10.2. The highest BCUT2D eigenvalue weighted by Gasteiger charge is 2.14. The number of carbonyl (C=O) groups is 1. The lowest BCUT2D eigenvalue weighted by Gasteiger charge is -2.11. The van der Waals surface area contributed by atoms with Gasteiger partial charge in [0.15, 0.2) is 0 Å². The molecule has 26 heavy (non-hydrogen) atoms. The molecule has 1 N–H and O–H groups in total. The van der Waals surface area contributed by atoms with Crippen LogP contribution >= 0.6 is 11.6 Å². The van der Waals surface area contributed by atoms with Crippen molar-refractivity contribution in [2.24, 2.45) is 5.16 Å². The molecule has 0 saturated carbocycles. The van der Waals surface area contributed by atoms with Gasteiger partial charge >= 0.3 is 6.61 Å². The maximum atomic E-state index is 12.1. The highest BCUT2D eigenvalue weighted by atomic mass is 35.5. The van der Waals surface area contributed by atoms with Crippen molar-refractivity contribution in [1.82, 2.24) is 5.32 Å². The molecule has 0 radical (unpaired) electrons. The van der Waals surface area contributed by atoms with Crippen LogP contribution in [0.15, 0.2) is 53.7 Å². The number of rotatable bonds is 8. The molecule has 0 fully saturated rings. The van der Waals surface area contributed by atoms with Crippen LogP contribution in [-0.4, -0.2) is 24.8 Å². The van der Waals surface area contributed by atoms with Crippen LogP contribution in [0.5, 0.6) is 5.75 Å². The first-order valence-corrected chi connectivity index (χ1v) is 8.08. The third-order valence-corrected chi connectivity index (χ3v) is 3.67. The minimum atomic E-state index is -2.87. The summed E-state index contributed by atoms with van der Waals surface area (Å²) >= 11 is 6.02. The van der Waals surface area contributed by atoms with Crippen LogP contribution in [-0.2, 0) is 16.2 Å². The second-order valence-electron chi connectivity index (χ2n) is 5.24. The van der Waals surface area contributed by atoms with Crippen molar-refractivity contribution in [2.45, 2.75) is 26.2 Å². The number of carbonyl (C=O) groups excluding carboxylic acids is 1. The first-order valence-electron chi connectivity index (χ1n) is 7.71. The van der Waals surface area contributed by atoms with E-state index in [4.69, 9.17) is 16.4 Å². The summed E-state index contributed by atoms with van der Waals surface area (Å²) in [5.74, 6) is -0.298. The summed E-state index contributed by atoms with van der Waals surface area (Å²) in [6.45, 7) is -1.04. The highest BCUT2D eigenvalue weighted by Crippen LogP contribution is 2.15. The molecule has 2 aromatic carbocycles. The summed E-state index contributed by atoms with van der Waals surface area (Å²) in [6, 6.07) is 13.0. The Morgan fingerprint density at radius 2 is 1.92 bits per heavy atom. The van der Waals surface area contributed by atoms with Gasteiger partial charge in [0.05, 0.1) is 6.21 Å². The molecular weight excluding hydrogens is 366 g/mol. The average Bonchev–Trinajstić information content (AvgIpc) is 2.61. The van der Waals surface area contributed by atoms with E-state index in [1.165, 1.54) is 30.5 Å². The molecule has 0 bridgehead atoms. The summed E-state index contributed by atoms with van der Waals surface area (Å²) in [5.41, 5.74) is 1.40. The van der Waals surface area contributed by atoms with Crippen LogP contribution < -0.4 is 10.1 Å². The van der Waals surface area contributed by atoms with Gasteiger partial charge < -0.3 is 14.9 Å². The van der Waals surface area contributed by atoms with Crippen LogP contribution in [0.25, 0.3) is 0 Å². The average molecular weight is 383 g/mol. The van der Waals surface area contributed by atoms with Gasteiger partial charge in [-0.3, -0.25) is 4.79 Å². The third kappa shape index (κ3) is 6.33. The lowest BCUT2D eigenvalue weighted by Crippen LogP contribution is -2.33. The van der Waals surface area contributed by atoms with E-state index >= 15 is 0 Å². The van der Waals surface area contributed by atoms with Crippen molar-refractivity contribution in [3.63, 3.8) is 0 Å². The van der Waals surface area contributed by atoms with Crippen molar-refractivity contribution in [3.8, 4) is 5.75 Å². The molecule has 1 atom stereocenters. The zero-order valence-corrected chi connectivity index (χ0v) is 14.6. The Balaban J connectivity index is 1.79. The van der Waals surface area contributed by atoms with Crippen molar-refractivity contribution in [3.05, 3.63) is 64.7 Å². The fourth-order valence-electron chi connectivity index (χ4n) is 1.93. The summed E-state index contributed by atoms with van der Waals surface area (Å²) in [6.07, 6.45) is 0.555. The predicted octanol–water partition coefficient (Wildman–Crippen LogP) is 4.00. The van der Waals surface area contributed by atoms with E-state index in [1.54, 1.807) is 19.1 Å². The van der Waals surface area contributed by atoms with Crippen LogP contribution in [0, 0.1) is 0 Å². The molecular formula is C18H17ClF2N2O3. The largest absolute Gasteiger partial charge is 0.435 e. The van der Waals surface area contributed by atoms with E-state index in [-0.39, 0.29) is 18.2 Å². The number of oxime groups is 1. The van der Waals surface area contributed by atoms with Gasteiger partial charge in [-0.2, -0.15) is 8.78 Å². The third-order valence-electron chi connectivity index (χ3n) is 3.31. The summed E-state index contributed by atoms with van der Waals surface area (Å²) in [7, 11) is 0. The molecule has 0 aliphatic heterocycles. The summed E-state index contributed by atoms with van der Waals surface area (Å²) in [5, 5.41) is 7.00. The Bertz CT molecular complexity index is 754. The first-order chi connectivity index (χ1) is 12.5. The van der Waals surface area contributed by atoms with Gasteiger partial charge in [0.2, 0.25) is 6.10 Å². The lowest BCUT2D eigenvalue weighted by molar-refractivity contribution is -0.131. The van der Waals surface area contributed by atoms with Gasteiger partial charge in [0.1, 0.15) is 5.75 Å². The Morgan fingerprint density at radius 1 is 1.23 bits per heavy atom. The van der Waals surface area contributed by atoms with E-state index < -0.39 is 12.7 Å². The second-order valence-corrected chi connectivity index (χ2v) is 5.65. The molecule has 2 rings (SSSR count). The molecule has 0 saturated heterocycles. The van der Waals surface area contributed by atoms with Crippen molar-refractivity contribution >= 4 is 23.7 Å². The zero-order chi connectivity index (χ0) is 18.9. The molecule has 0 aromatic heterocycles. The Hall–Kier alpha value is -2.67. The van der Waals surface area contributed by atoms with Gasteiger partial charge in [-0.05, 0) is 48.4 Å². The standard InChI is InChI=1S/C18H17ClF2N2O3/c1-12(17(24)22-11-14-4-2-3-5-16(14)19)26-23-10-13-6-8-15(9-7-13)25-18(20)21/h2-10,12,18H,11H2,1H3,(H,22,24)/b23-10+. The predicted molar refractivity (Wildman–Crippen MR) is 94.5 cm³/mol. The number of hydrogen-bond acceptors (Lipinski definition) is 4. The number of halogens is 3. The quantitative estimate of drug-likeness (QED) is 0.554. The van der Waals surface area contributed by atoms with E-state index in [9.17, 15) is 13.6 Å². The van der Waals surface area contributed by atoms with Crippen LogP contribution in [0.1, 0.15) is 18.1 Å². The topological polar surface area (TPSA) is 59.9 Å². The normalized spacial score (nSPS) is 12.2. The molecule has 0 heterocycles. The SMILES string of the molecule is CC(O/N=C/c1ccc(OC(F)F)cc1)C(=O)NCc1ccccc1Cl. The molecule has 138 valence electrons. The van der Waals surface area contributed by atoms with Gasteiger partial charge in [-0.25, -0.2) is 0 Å². The minimum Gasteiger partial charge on any atom is -0.435 e. The first kappa shape index (κ1) is 19.7. The molecule has 0 aliphatic rings. The summed E-state index contributed by atoms with van der Waals surface area (Å²) < 4.78 is 28.4. The maximum Gasteiger partial charge on any atom is 0.387 e. The molecule has 0 aliphatic carbocycles. The number of amides is 1. The fourth-order valence-corrected chi connectivity index (χ4v) is 2.14. The van der Waals surface area contributed by atoms with Crippen LogP contribution in [0.4, 0.5) is 8.78 Å². The molecule has 0 spiro atoms. The smallest absolute Gasteiger partial charge is 0.387 e. The number of nitrogens with zero attached hydrogens (tertiary/aromatic N) is 1. The number of alkyl halides is 2. The number of hydrogen-bond donors (Lipinski definition) is 1. The molecule has 1 unspecified atom stereocenters. The number of nitrogens with one attached hydrogen (secondary N) is 1. The van der Waals surface area contributed by atoms with E-state index in [0.29, 0.717) is 10.6 Å². The Kier molecular flexibility index (Phi) is 7.35. The maximum absolute atomic E-state index is 12.1. The number of benzene rings is 2. The molecule has 1 amide bonds. The minimum absolute atomic E-state index is 0.0467. The van der Waals surface area contributed by atoms with Gasteiger partial charge in [0, 0.05) is 11.6 Å². The van der Waals surface area contributed by atoms with Crippen LogP contribution in [0.3, 0.4) is 0 Å². The van der Waals surface area contributed by atoms with Gasteiger partial charge in [0.25, 0.3) is 5.91 Å². The molecule has 2 aromatic rings. The van der Waals surface area contributed by atoms with E-state index in [2.05, 4.69) is 15.2 Å². The van der Waals surface area contributed by atoms with Gasteiger partial charge in [-0.1, -0.05) is 35.0 Å². The van der Waals surface area contributed by atoms with Gasteiger partial charge in [-0.15, -0.1) is 0 Å². The van der Waals surface area contributed by atoms with Crippen molar-refractivity contribution in [2.75, 3.05) is 0 Å². The Labute approximate surface area is 154 Å². The second kappa shape index (κ2) is 9.72. The Morgan fingerprint density at radius 3 is 2.58 bits per heavy atom. The fraction of sp³-hybridized carbons (Fsp3) is 0.222. The monoisotopic (exact) mass is 382 g/mol.